The van der Waals surface area contributed by atoms with Crippen LogP contribution in [0.1, 0.15) is 85.0 Å². The number of hydrogen-bond acceptors (Lipinski definition) is 4. The van der Waals surface area contributed by atoms with Crippen molar-refractivity contribution in [2.75, 3.05) is 13.2 Å². The lowest BCUT2D eigenvalue weighted by Gasteiger charge is -2.61. The summed E-state index contributed by atoms with van der Waals surface area (Å²) in [4.78, 5) is 13.2. The summed E-state index contributed by atoms with van der Waals surface area (Å²) in [6.07, 6.45) is 12.7. The van der Waals surface area contributed by atoms with Gasteiger partial charge in [-0.3, -0.25) is 4.79 Å². The van der Waals surface area contributed by atoms with Gasteiger partial charge in [-0.15, -0.1) is 0 Å². The first-order valence-corrected chi connectivity index (χ1v) is 13.3. The number of aliphatic hydroxyl groups excluding tert-OH is 1. The van der Waals surface area contributed by atoms with Crippen LogP contribution in [0, 0.1) is 52.3 Å². The zero-order valence-corrected chi connectivity index (χ0v) is 19.8. The average Bonchev–Trinajstić information content (AvgIpc) is 3.22. The fourth-order valence-electron chi connectivity index (χ4n) is 10.2. The Hall–Kier alpha value is -0.450. The maximum absolute atomic E-state index is 13.2. The Morgan fingerprint density at radius 2 is 1.87 bits per heavy atom. The van der Waals surface area contributed by atoms with E-state index in [0.29, 0.717) is 24.4 Å². The minimum Gasteiger partial charge on any atom is -0.396 e. The van der Waals surface area contributed by atoms with Crippen molar-refractivity contribution < 1.29 is 19.4 Å². The predicted molar refractivity (Wildman–Crippen MR) is 118 cm³/mol. The molecule has 2 aliphatic heterocycles. The normalized spacial score (nSPS) is 58.5. The number of rotatable bonds is 1. The molecular weight excluding hydrogens is 388 g/mol. The molecule has 0 aromatic rings. The van der Waals surface area contributed by atoms with Gasteiger partial charge in [-0.25, -0.2) is 0 Å². The molecule has 6 aliphatic rings. The molecule has 11 atom stereocenters. The van der Waals surface area contributed by atoms with E-state index in [1.54, 1.807) is 0 Å². The predicted octanol–water partition coefficient (Wildman–Crippen LogP) is 4.97. The average molecular weight is 431 g/mol. The van der Waals surface area contributed by atoms with Gasteiger partial charge in [0.25, 0.3) is 0 Å². The number of hydrogen-bond donors (Lipinski definition) is 1. The Bertz CT molecular complexity index is 752. The van der Waals surface area contributed by atoms with Crippen LogP contribution in [0.15, 0.2) is 0 Å². The first-order chi connectivity index (χ1) is 14.8. The zero-order valence-electron chi connectivity index (χ0n) is 19.8. The van der Waals surface area contributed by atoms with Crippen molar-refractivity contribution in [3.05, 3.63) is 0 Å². The molecule has 31 heavy (non-hydrogen) atoms. The number of Topliss-reactive ketones (excluding diaryl/α,β-unsaturated/α-hetero) is 1. The fraction of sp³-hybridized carbons (Fsp3) is 0.963. The quantitative estimate of drug-likeness (QED) is 0.638. The highest BCUT2D eigenvalue weighted by Crippen LogP contribution is 2.71. The summed E-state index contributed by atoms with van der Waals surface area (Å²) in [5.74, 6) is 2.45. The SMILES string of the molecule is CC1CO[C@@]2(O[C@H]3C[C@H]4[C@@H]5CCC6CCCC[C@]6(C)[C@H]5CC[C@]4(C)[C@H]3[C@@H]2CO)C(=O)C1. The van der Waals surface area contributed by atoms with Crippen LogP contribution in [0.2, 0.25) is 0 Å². The van der Waals surface area contributed by atoms with E-state index < -0.39 is 5.79 Å². The van der Waals surface area contributed by atoms with Crippen LogP contribution in [-0.4, -0.2) is 36.0 Å². The van der Waals surface area contributed by atoms with E-state index in [1.165, 1.54) is 51.4 Å². The number of carbonyl (C=O) groups excluding carboxylic acids is 1. The second-order valence-electron chi connectivity index (χ2n) is 12.9. The van der Waals surface area contributed by atoms with Crippen LogP contribution >= 0.6 is 0 Å². The van der Waals surface area contributed by atoms with Gasteiger partial charge in [0.05, 0.1) is 19.3 Å². The molecule has 2 unspecified atom stereocenters. The molecule has 0 amide bonds. The van der Waals surface area contributed by atoms with Gasteiger partial charge < -0.3 is 14.6 Å². The van der Waals surface area contributed by atoms with Gasteiger partial charge in [0.2, 0.25) is 5.79 Å². The molecule has 4 saturated carbocycles. The molecule has 4 nitrogen and oxygen atoms in total. The number of ketones is 1. The first-order valence-electron chi connectivity index (χ1n) is 13.3. The van der Waals surface area contributed by atoms with E-state index in [-0.39, 0.29) is 41.7 Å². The van der Waals surface area contributed by atoms with Crippen molar-refractivity contribution in [2.24, 2.45) is 52.3 Å². The maximum Gasteiger partial charge on any atom is 0.234 e. The number of carbonyl (C=O) groups is 1. The van der Waals surface area contributed by atoms with E-state index in [4.69, 9.17) is 9.47 Å². The van der Waals surface area contributed by atoms with Crippen LogP contribution in [0.25, 0.3) is 0 Å². The highest BCUT2D eigenvalue weighted by molar-refractivity contribution is 5.87. The van der Waals surface area contributed by atoms with Crippen molar-refractivity contribution in [3.63, 3.8) is 0 Å². The van der Waals surface area contributed by atoms with Crippen LogP contribution < -0.4 is 0 Å². The van der Waals surface area contributed by atoms with Gasteiger partial charge >= 0.3 is 0 Å². The standard InChI is InChI=1S/C27H42O4/c1-16-12-23(29)27(30-15-16)21(14-28)24-22(31-27)13-20-18-8-7-17-6-4-5-10-25(17,2)19(18)9-11-26(20,24)3/h16-22,24,28H,4-15H2,1-3H3/t16?,17?,18-,19+,20+,21+,22+,24+,25+,26+,27+/m1/s1. The van der Waals surface area contributed by atoms with E-state index in [1.807, 2.05) is 0 Å². The third kappa shape index (κ3) is 2.68. The summed E-state index contributed by atoms with van der Waals surface area (Å²) >= 11 is 0. The highest BCUT2D eigenvalue weighted by Gasteiger charge is 2.71. The van der Waals surface area contributed by atoms with E-state index in [9.17, 15) is 9.90 Å². The third-order valence-electron chi connectivity index (χ3n) is 11.6. The van der Waals surface area contributed by atoms with Crippen molar-refractivity contribution >= 4 is 5.78 Å². The molecule has 6 rings (SSSR count). The lowest BCUT2D eigenvalue weighted by molar-refractivity contribution is -0.257. The Morgan fingerprint density at radius 3 is 2.65 bits per heavy atom. The van der Waals surface area contributed by atoms with Crippen molar-refractivity contribution in [3.8, 4) is 0 Å². The Labute approximate surface area is 187 Å². The molecule has 4 heteroatoms. The molecule has 2 heterocycles. The molecule has 0 aromatic heterocycles. The molecule has 1 N–H and O–H groups in total. The molecule has 4 aliphatic carbocycles. The molecular formula is C27H42O4. The van der Waals surface area contributed by atoms with E-state index in [0.717, 1.165) is 24.2 Å². The summed E-state index contributed by atoms with van der Waals surface area (Å²) < 4.78 is 12.8. The second-order valence-corrected chi connectivity index (χ2v) is 12.9. The summed E-state index contributed by atoms with van der Waals surface area (Å²) in [6.45, 7) is 7.73. The molecule has 0 radical (unpaired) electrons. The topological polar surface area (TPSA) is 55.8 Å². The smallest absolute Gasteiger partial charge is 0.234 e. The lowest BCUT2D eigenvalue weighted by atomic mass is 9.44. The Balaban J connectivity index is 1.31. The zero-order chi connectivity index (χ0) is 21.6. The summed E-state index contributed by atoms with van der Waals surface area (Å²) in [5, 5.41) is 10.5. The number of ether oxygens (including phenoxy) is 2. The number of fused-ring (bicyclic) bond motifs is 7. The molecule has 2 saturated heterocycles. The molecule has 174 valence electrons. The van der Waals surface area contributed by atoms with E-state index >= 15 is 0 Å². The monoisotopic (exact) mass is 430 g/mol. The van der Waals surface area contributed by atoms with Crippen molar-refractivity contribution in [1.82, 2.24) is 0 Å². The van der Waals surface area contributed by atoms with Crippen LogP contribution in [0.5, 0.6) is 0 Å². The van der Waals surface area contributed by atoms with Gasteiger partial charge in [-0.1, -0.05) is 33.6 Å². The first kappa shape index (κ1) is 21.1. The second kappa shape index (κ2) is 7.03. The van der Waals surface area contributed by atoms with Crippen molar-refractivity contribution in [1.29, 1.82) is 0 Å². The Morgan fingerprint density at radius 1 is 1.03 bits per heavy atom. The third-order valence-corrected chi connectivity index (χ3v) is 11.6. The molecule has 6 fully saturated rings. The van der Waals surface area contributed by atoms with Gasteiger partial charge in [0.1, 0.15) is 0 Å². The Kier molecular flexibility index (Phi) is 4.78. The fourth-order valence-corrected chi connectivity index (χ4v) is 10.2. The summed E-state index contributed by atoms with van der Waals surface area (Å²) in [6, 6.07) is 0. The minimum absolute atomic E-state index is 0.00250. The maximum atomic E-state index is 13.2. The highest BCUT2D eigenvalue weighted by atomic mass is 16.7. The van der Waals surface area contributed by atoms with Gasteiger partial charge in [0.15, 0.2) is 5.78 Å². The molecule has 1 spiro atoms. The van der Waals surface area contributed by atoms with Crippen molar-refractivity contribution in [2.45, 2.75) is 96.9 Å². The molecule has 0 aromatic carbocycles. The summed E-state index contributed by atoms with van der Waals surface area (Å²) in [7, 11) is 0. The summed E-state index contributed by atoms with van der Waals surface area (Å²) in [5.41, 5.74) is 0.699. The van der Waals surface area contributed by atoms with Gasteiger partial charge in [0, 0.05) is 18.3 Å². The number of aliphatic hydroxyl groups is 1. The molecule has 0 bridgehead atoms. The van der Waals surface area contributed by atoms with E-state index in [2.05, 4.69) is 20.8 Å². The van der Waals surface area contributed by atoms with Gasteiger partial charge in [-0.05, 0) is 85.4 Å². The van der Waals surface area contributed by atoms with Crippen LogP contribution in [0.4, 0.5) is 0 Å². The largest absolute Gasteiger partial charge is 0.396 e. The van der Waals surface area contributed by atoms with Crippen LogP contribution in [0.3, 0.4) is 0 Å². The van der Waals surface area contributed by atoms with Gasteiger partial charge in [-0.2, -0.15) is 0 Å². The van der Waals surface area contributed by atoms with Crippen LogP contribution in [-0.2, 0) is 14.3 Å². The minimum atomic E-state index is -1.17. The lowest BCUT2D eigenvalue weighted by Crippen LogP contribution is -2.57.